The van der Waals surface area contributed by atoms with Crippen LogP contribution in [-0.4, -0.2) is 35.1 Å². The van der Waals surface area contributed by atoms with Gasteiger partial charge in [-0.05, 0) is 85.8 Å². The first-order valence-electron chi connectivity index (χ1n) is 12.6. The lowest BCUT2D eigenvalue weighted by molar-refractivity contribution is -0.124. The summed E-state index contributed by atoms with van der Waals surface area (Å²) < 4.78 is 40.6. The van der Waals surface area contributed by atoms with Crippen LogP contribution in [0.4, 0.5) is 10.2 Å². The Hall–Kier alpha value is -2.39. The van der Waals surface area contributed by atoms with Gasteiger partial charge in [-0.15, -0.1) is 0 Å². The van der Waals surface area contributed by atoms with Gasteiger partial charge in [0.25, 0.3) is 0 Å². The van der Waals surface area contributed by atoms with Gasteiger partial charge in [-0.3, -0.25) is 4.79 Å². The molecule has 0 unspecified atom stereocenters. The van der Waals surface area contributed by atoms with E-state index in [-0.39, 0.29) is 23.6 Å². The molecule has 1 aliphatic heterocycles. The standard InChI is InChI=1S/C26H31FN4O3S/c27-21-3-1-17(2-4-21)15-35(33,34)31-6-5-22-23(14-31)28-16-29-25(22)30-24(32)13-26-10-18-7-19(11-26)9-20(8-18)12-26/h1-4,16,18-20H,5-15H2,(H,28,29,30,32). The third-order valence-corrected chi connectivity index (χ3v) is 10.4. The zero-order chi connectivity index (χ0) is 24.2. The highest BCUT2D eigenvalue weighted by atomic mass is 32.2. The van der Waals surface area contributed by atoms with E-state index in [1.807, 2.05) is 0 Å². The number of benzene rings is 1. The molecule has 0 saturated heterocycles. The number of fused-ring (bicyclic) bond motifs is 1. The first kappa shape index (κ1) is 23.0. The SMILES string of the molecule is O=C(CC12CC3CC(CC(C3)C1)C2)Nc1ncnc2c1CCN(S(=O)(=O)Cc1ccc(F)cc1)C2. The lowest BCUT2D eigenvalue weighted by atomic mass is 9.49. The summed E-state index contributed by atoms with van der Waals surface area (Å²) >= 11 is 0. The van der Waals surface area contributed by atoms with Crippen molar-refractivity contribution in [3.05, 3.63) is 53.2 Å². The number of rotatable bonds is 6. The summed E-state index contributed by atoms with van der Waals surface area (Å²) in [6.45, 7) is 0.432. The van der Waals surface area contributed by atoms with Crippen LogP contribution in [0.25, 0.3) is 0 Å². The predicted octanol–water partition coefficient (Wildman–Crippen LogP) is 4.05. The molecule has 186 valence electrons. The van der Waals surface area contributed by atoms with Crippen molar-refractivity contribution in [2.24, 2.45) is 23.2 Å². The highest BCUT2D eigenvalue weighted by molar-refractivity contribution is 7.88. The van der Waals surface area contributed by atoms with Crippen molar-refractivity contribution >= 4 is 21.7 Å². The Morgan fingerprint density at radius 3 is 2.37 bits per heavy atom. The quantitative estimate of drug-likeness (QED) is 0.649. The molecule has 4 aliphatic carbocycles. The summed E-state index contributed by atoms with van der Waals surface area (Å²) in [5, 5.41) is 3.05. The van der Waals surface area contributed by atoms with Gasteiger partial charge in [0, 0.05) is 18.5 Å². The van der Waals surface area contributed by atoms with Gasteiger partial charge in [0.1, 0.15) is 18.0 Å². The molecule has 1 N–H and O–H groups in total. The molecule has 2 heterocycles. The van der Waals surface area contributed by atoms with Crippen LogP contribution in [-0.2, 0) is 33.5 Å². The lowest BCUT2D eigenvalue weighted by Gasteiger charge is -2.56. The number of nitrogens with one attached hydrogen (secondary N) is 1. The summed E-state index contributed by atoms with van der Waals surface area (Å²) in [5.74, 6) is 2.32. The second-order valence-electron chi connectivity index (χ2n) is 11.3. The van der Waals surface area contributed by atoms with Crippen LogP contribution in [0.2, 0.25) is 0 Å². The fourth-order valence-electron chi connectivity index (χ4n) is 7.58. The van der Waals surface area contributed by atoms with Crippen molar-refractivity contribution in [3.63, 3.8) is 0 Å². The van der Waals surface area contributed by atoms with E-state index in [9.17, 15) is 17.6 Å². The molecule has 4 saturated carbocycles. The molecule has 9 heteroatoms. The van der Waals surface area contributed by atoms with Crippen LogP contribution in [0.15, 0.2) is 30.6 Å². The Morgan fingerprint density at radius 1 is 1.06 bits per heavy atom. The number of carbonyl (C=O) groups excluding carboxylic acids is 1. The maximum Gasteiger partial charge on any atom is 0.226 e. The minimum absolute atomic E-state index is 0.0132. The summed E-state index contributed by atoms with van der Waals surface area (Å²) in [6.07, 6.45) is 9.95. The van der Waals surface area contributed by atoms with Crippen molar-refractivity contribution < 1.29 is 17.6 Å². The highest BCUT2D eigenvalue weighted by Gasteiger charge is 2.51. The predicted molar refractivity (Wildman–Crippen MR) is 129 cm³/mol. The maximum atomic E-state index is 13.2. The molecule has 5 aliphatic rings. The number of halogens is 1. The van der Waals surface area contributed by atoms with E-state index in [0.717, 1.165) is 23.3 Å². The summed E-state index contributed by atoms with van der Waals surface area (Å²) in [5.41, 5.74) is 2.13. The molecule has 1 aromatic carbocycles. The van der Waals surface area contributed by atoms with E-state index >= 15 is 0 Å². The molecule has 0 atom stereocenters. The minimum atomic E-state index is -3.60. The topological polar surface area (TPSA) is 92.3 Å². The van der Waals surface area contributed by atoms with Gasteiger partial charge >= 0.3 is 0 Å². The molecular formula is C26H31FN4O3S. The third-order valence-electron chi connectivity index (χ3n) is 8.59. The van der Waals surface area contributed by atoms with Gasteiger partial charge in [0.05, 0.1) is 18.0 Å². The molecule has 0 radical (unpaired) electrons. The fraction of sp³-hybridized carbons (Fsp3) is 0.577. The zero-order valence-corrected chi connectivity index (χ0v) is 20.6. The minimum Gasteiger partial charge on any atom is -0.310 e. The number of nitrogens with zero attached hydrogens (tertiary/aromatic N) is 3. The van der Waals surface area contributed by atoms with Crippen molar-refractivity contribution in [2.45, 2.75) is 63.7 Å². The van der Waals surface area contributed by atoms with E-state index in [0.29, 0.717) is 36.5 Å². The molecule has 7 rings (SSSR count). The molecule has 2 aromatic rings. The van der Waals surface area contributed by atoms with E-state index in [2.05, 4.69) is 15.3 Å². The van der Waals surface area contributed by atoms with Gasteiger partial charge in [-0.2, -0.15) is 4.31 Å². The molecular weight excluding hydrogens is 467 g/mol. The molecule has 35 heavy (non-hydrogen) atoms. The third kappa shape index (κ3) is 4.60. The zero-order valence-electron chi connectivity index (χ0n) is 19.7. The smallest absolute Gasteiger partial charge is 0.226 e. The Balaban J connectivity index is 1.13. The molecule has 4 bridgehead atoms. The van der Waals surface area contributed by atoms with Crippen LogP contribution in [0, 0.1) is 29.0 Å². The lowest BCUT2D eigenvalue weighted by Crippen LogP contribution is -2.47. The fourth-order valence-corrected chi connectivity index (χ4v) is 9.07. The first-order chi connectivity index (χ1) is 16.8. The van der Waals surface area contributed by atoms with Crippen LogP contribution < -0.4 is 5.32 Å². The van der Waals surface area contributed by atoms with Gasteiger partial charge in [-0.1, -0.05) is 12.1 Å². The average Bonchev–Trinajstić information content (AvgIpc) is 2.79. The number of sulfonamides is 1. The van der Waals surface area contributed by atoms with E-state index in [1.165, 1.54) is 73.4 Å². The van der Waals surface area contributed by atoms with Gasteiger partial charge in [-0.25, -0.2) is 22.8 Å². The van der Waals surface area contributed by atoms with Gasteiger partial charge < -0.3 is 5.32 Å². The molecule has 0 spiro atoms. The summed E-state index contributed by atoms with van der Waals surface area (Å²) in [7, 11) is -3.60. The Morgan fingerprint density at radius 2 is 1.71 bits per heavy atom. The molecule has 1 aromatic heterocycles. The number of amides is 1. The molecule has 7 nitrogen and oxygen atoms in total. The number of carbonyl (C=O) groups is 1. The maximum absolute atomic E-state index is 13.2. The van der Waals surface area contributed by atoms with Crippen LogP contribution in [0.3, 0.4) is 0 Å². The summed E-state index contributed by atoms with van der Waals surface area (Å²) in [4.78, 5) is 21.8. The summed E-state index contributed by atoms with van der Waals surface area (Å²) in [6, 6.07) is 5.51. The molecule has 1 amide bonds. The van der Waals surface area contributed by atoms with Crippen molar-refractivity contribution in [2.75, 3.05) is 11.9 Å². The van der Waals surface area contributed by atoms with Gasteiger partial charge in [0.2, 0.25) is 15.9 Å². The van der Waals surface area contributed by atoms with E-state index in [4.69, 9.17) is 0 Å². The van der Waals surface area contributed by atoms with Crippen LogP contribution >= 0.6 is 0 Å². The number of hydrogen-bond acceptors (Lipinski definition) is 5. The second kappa shape index (κ2) is 8.62. The Labute approximate surface area is 205 Å². The average molecular weight is 499 g/mol. The highest BCUT2D eigenvalue weighted by Crippen LogP contribution is 2.61. The van der Waals surface area contributed by atoms with Crippen molar-refractivity contribution in [3.8, 4) is 0 Å². The second-order valence-corrected chi connectivity index (χ2v) is 13.2. The number of anilines is 1. The largest absolute Gasteiger partial charge is 0.310 e. The van der Waals surface area contributed by atoms with Crippen molar-refractivity contribution in [1.29, 1.82) is 0 Å². The van der Waals surface area contributed by atoms with Crippen LogP contribution in [0.1, 0.15) is 61.8 Å². The van der Waals surface area contributed by atoms with Crippen molar-refractivity contribution in [1.82, 2.24) is 14.3 Å². The van der Waals surface area contributed by atoms with Crippen LogP contribution in [0.5, 0.6) is 0 Å². The Kier molecular flexibility index (Phi) is 5.67. The first-order valence-corrected chi connectivity index (χ1v) is 14.2. The number of hydrogen-bond donors (Lipinski definition) is 1. The van der Waals surface area contributed by atoms with Gasteiger partial charge in [0.15, 0.2) is 0 Å². The number of aromatic nitrogens is 2. The van der Waals surface area contributed by atoms with E-state index in [1.54, 1.807) is 0 Å². The monoisotopic (exact) mass is 498 g/mol. The molecule has 4 fully saturated rings. The van der Waals surface area contributed by atoms with E-state index < -0.39 is 15.8 Å². The normalized spacial score (nSPS) is 29.7. The Bertz CT molecular complexity index is 1210.